The first-order valence-corrected chi connectivity index (χ1v) is 5.88. The van der Waals surface area contributed by atoms with Gasteiger partial charge in [0.1, 0.15) is 5.52 Å². The number of benzene rings is 1. The molecule has 5 nitrogen and oxygen atoms in total. The Hall–Kier alpha value is -2.56. The van der Waals surface area contributed by atoms with Gasteiger partial charge in [0, 0.05) is 17.1 Å². The topological polar surface area (TPSA) is 75.1 Å². The lowest BCUT2D eigenvalue weighted by Gasteiger charge is -2.10. The van der Waals surface area contributed by atoms with Crippen molar-refractivity contribution < 1.29 is 5.21 Å². The van der Waals surface area contributed by atoms with E-state index in [1.165, 1.54) is 6.07 Å². The summed E-state index contributed by atoms with van der Waals surface area (Å²) in [7, 11) is 0. The van der Waals surface area contributed by atoms with Crippen LogP contribution in [-0.2, 0) is 0 Å². The van der Waals surface area contributed by atoms with E-state index in [1.54, 1.807) is 26.0 Å². The monoisotopic (exact) mass is 256 g/mol. The molecular formula is C14H12N2O3. The van der Waals surface area contributed by atoms with E-state index in [0.717, 1.165) is 5.56 Å². The molecule has 2 heterocycles. The molecule has 3 aromatic rings. The third-order valence-electron chi connectivity index (χ3n) is 3.38. The van der Waals surface area contributed by atoms with Crippen LogP contribution >= 0.6 is 0 Å². The Morgan fingerprint density at radius 1 is 1.16 bits per heavy atom. The molecule has 0 aliphatic heterocycles. The second-order valence-electron chi connectivity index (χ2n) is 4.64. The van der Waals surface area contributed by atoms with Crippen LogP contribution in [0.2, 0.25) is 0 Å². The number of pyridine rings is 2. The summed E-state index contributed by atoms with van der Waals surface area (Å²) in [5, 5.41) is 11.7. The molecule has 2 aromatic heterocycles. The highest BCUT2D eigenvalue weighted by molar-refractivity contribution is 6.06. The Morgan fingerprint density at radius 2 is 1.89 bits per heavy atom. The summed E-state index contributed by atoms with van der Waals surface area (Å²) in [6, 6.07) is 6.81. The fraction of sp³-hybridized carbons (Fsp3) is 0.143. The van der Waals surface area contributed by atoms with Gasteiger partial charge in [-0.1, -0.05) is 18.2 Å². The van der Waals surface area contributed by atoms with Gasteiger partial charge in [-0.25, -0.2) is 0 Å². The van der Waals surface area contributed by atoms with Gasteiger partial charge in [-0.2, -0.15) is 0 Å². The summed E-state index contributed by atoms with van der Waals surface area (Å²) in [6.45, 7) is 3.45. The van der Waals surface area contributed by atoms with Crippen molar-refractivity contribution in [3.8, 4) is 0 Å². The highest BCUT2D eigenvalue weighted by Gasteiger charge is 2.14. The number of H-pyrrole nitrogens is 1. The minimum absolute atomic E-state index is 0.258. The fourth-order valence-electron chi connectivity index (χ4n) is 2.54. The van der Waals surface area contributed by atoms with Gasteiger partial charge in [0.2, 0.25) is 5.56 Å². The lowest BCUT2D eigenvalue weighted by atomic mass is 10.0. The van der Waals surface area contributed by atoms with Crippen LogP contribution in [0.1, 0.15) is 11.3 Å². The number of nitrogens with one attached hydrogen (secondary N) is 1. The molecule has 0 radical (unpaired) electrons. The zero-order valence-electron chi connectivity index (χ0n) is 10.5. The van der Waals surface area contributed by atoms with Crippen LogP contribution in [0.5, 0.6) is 0 Å². The van der Waals surface area contributed by atoms with Gasteiger partial charge in [0.15, 0.2) is 0 Å². The molecule has 0 atom stereocenters. The Morgan fingerprint density at radius 3 is 2.63 bits per heavy atom. The van der Waals surface area contributed by atoms with Crippen molar-refractivity contribution in [2.24, 2.45) is 0 Å². The molecule has 19 heavy (non-hydrogen) atoms. The number of hydrogen-bond acceptors (Lipinski definition) is 3. The van der Waals surface area contributed by atoms with Gasteiger partial charge in [0.05, 0.1) is 5.39 Å². The number of aromatic nitrogens is 2. The molecule has 0 unspecified atom stereocenters. The van der Waals surface area contributed by atoms with E-state index in [-0.39, 0.29) is 5.56 Å². The quantitative estimate of drug-likeness (QED) is 0.475. The average molecular weight is 256 g/mol. The normalized spacial score (nSPS) is 11.3. The first-order valence-electron chi connectivity index (χ1n) is 5.88. The third kappa shape index (κ3) is 1.48. The van der Waals surface area contributed by atoms with Crippen molar-refractivity contribution in [3.63, 3.8) is 0 Å². The smallest absolute Gasteiger partial charge is 0.291 e. The van der Waals surface area contributed by atoms with Crippen molar-refractivity contribution >= 4 is 21.7 Å². The van der Waals surface area contributed by atoms with E-state index in [0.29, 0.717) is 32.1 Å². The van der Waals surface area contributed by atoms with Gasteiger partial charge < -0.3 is 10.2 Å². The van der Waals surface area contributed by atoms with Crippen LogP contribution in [-0.4, -0.2) is 14.9 Å². The maximum Gasteiger partial charge on any atom is 0.291 e. The molecule has 0 saturated carbocycles. The largest absolute Gasteiger partial charge is 0.425 e. The predicted octanol–water partition coefficient (Wildman–Crippen LogP) is 1.70. The molecule has 2 N–H and O–H groups in total. The van der Waals surface area contributed by atoms with Crippen LogP contribution in [0.25, 0.3) is 21.7 Å². The van der Waals surface area contributed by atoms with E-state index in [2.05, 4.69) is 4.98 Å². The highest BCUT2D eigenvalue weighted by atomic mass is 16.5. The number of rotatable bonds is 0. The minimum Gasteiger partial charge on any atom is -0.425 e. The molecule has 0 amide bonds. The third-order valence-corrected chi connectivity index (χ3v) is 3.38. The molecule has 0 spiro atoms. The molecular weight excluding hydrogens is 244 g/mol. The Kier molecular flexibility index (Phi) is 2.25. The molecule has 0 aliphatic carbocycles. The summed E-state index contributed by atoms with van der Waals surface area (Å²) >= 11 is 0. The molecule has 3 rings (SSSR count). The molecule has 1 aromatic carbocycles. The van der Waals surface area contributed by atoms with Crippen molar-refractivity contribution in [1.29, 1.82) is 0 Å². The number of aromatic amines is 1. The Bertz CT molecular complexity index is 935. The van der Waals surface area contributed by atoms with Crippen molar-refractivity contribution in [1.82, 2.24) is 9.71 Å². The van der Waals surface area contributed by atoms with Crippen molar-refractivity contribution in [2.75, 3.05) is 0 Å². The average Bonchev–Trinajstić information content (AvgIpc) is 2.35. The number of aryl methyl sites for hydroxylation is 2. The van der Waals surface area contributed by atoms with E-state index in [1.807, 2.05) is 6.07 Å². The minimum atomic E-state index is -0.476. The molecule has 5 heteroatoms. The Balaban J connectivity index is 2.80. The molecule has 0 fully saturated rings. The second kappa shape index (κ2) is 3.71. The first-order chi connectivity index (χ1) is 9.00. The molecule has 0 bridgehead atoms. The maximum atomic E-state index is 12.2. The molecule has 0 saturated heterocycles. The lowest BCUT2D eigenvalue weighted by molar-refractivity contribution is 0.189. The van der Waals surface area contributed by atoms with E-state index < -0.39 is 5.56 Å². The van der Waals surface area contributed by atoms with Gasteiger partial charge in [0.25, 0.3) is 5.56 Å². The summed E-state index contributed by atoms with van der Waals surface area (Å²) in [5.41, 5.74) is 0.834. The van der Waals surface area contributed by atoms with E-state index >= 15 is 0 Å². The maximum absolute atomic E-state index is 12.2. The summed E-state index contributed by atoms with van der Waals surface area (Å²) in [6.07, 6.45) is 0. The summed E-state index contributed by atoms with van der Waals surface area (Å²) in [4.78, 5) is 26.4. The first kappa shape index (κ1) is 11.5. The van der Waals surface area contributed by atoms with Crippen LogP contribution in [0.4, 0.5) is 0 Å². The van der Waals surface area contributed by atoms with Crippen LogP contribution in [0, 0.1) is 13.8 Å². The number of nitrogens with zero attached hydrogens (tertiary/aromatic N) is 1. The van der Waals surface area contributed by atoms with E-state index in [9.17, 15) is 14.8 Å². The second-order valence-corrected chi connectivity index (χ2v) is 4.64. The zero-order chi connectivity index (χ0) is 13.7. The van der Waals surface area contributed by atoms with Crippen LogP contribution < -0.4 is 11.1 Å². The molecule has 0 aliphatic rings. The standard InChI is InChI=1S/C14H12N2O3/c1-7-4-3-5-9-10-6-11(17)15-8(2)13(10)16(19)14(18)12(7)9/h3-6,19H,1-2H3,(H,15,17). The zero-order valence-corrected chi connectivity index (χ0v) is 10.5. The van der Waals surface area contributed by atoms with Gasteiger partial charge in [-0.15, -0.1) is 4.73 Å². The summed E-state index contributed by atoms with van der Waals surface area (Å²) < 4.78 is 0.607. The lowest BCUT2D eigenvalue weighted by Crippen LogP contribution is -2.21. The summed E-state index contributed by atoms with van der Waals surface area (Å²) in [5.74, 6) is 0. The number of fused-ring (bicyclic) bond motifs is 3. The SMILES string of the molecule is Cc1cccc2c1c(=O)n(O)c1c(C)[nH]c(=O)cc21. The predicted molar refractivity (Wildman–Crippen MR) is 73.0 cm³/mol. The highest BCUT2D eigenvalue weighted by Crippen LogP contribution is 2.24. The van der Waals surface area contributed by atoms with Gasteiger partial charge in [-0.05, 0) is 24.8 Å². The Labute approximate surface area is 107 Å². The fourth-order valence-corrected chi connectivity index (χ4v) is 2.54. The van der Waals surface area contributed by atoms with Crippen LogP contribution in [0.3, 0.4) is 0 Å². The van der Waals surface area contributed by atoms with Crippen molar-refractivity contribution in [2.45, 2.75) is 13.8 Å². The van der Waals surface area contributed by atoms with Gasteiger partial charge >= 0.3 is 0 Å². The van der Waals surface area contributed by atoms with Crippen molar-refractivity contribution in [3.05, 3.63) is 56.2 Å². The van der Waals surface area contributed by atoms with E-state index in [4.69, 9.17) is 0 Å². The van der Waals surface area contributed by atoms with Crippen LogP contribution in [0.15, 0.2) is 33.9 Å². The number of hydrogen-bond donors (Lipinski definition) is 2. The van der Waals surface area contributed by atoms with Gasteiger partial charge in [-0.3, -0.25) is 9.59 Å². The molecule has 96 valence electrons.